The minimum atomic E-state index is 0.0252. The maximum absolute atomic E-state index is 13.4. The van der Waals surface area contributed by atoms with Crippen molar-refractivity contribution >= 4 is 39.9 Å². The van der Waals surface area contributed by atoms with Gasteiger partial charge in [0.1, 0.15) is 5.82 Å². The lowest BCUT2D eigenvalue weighted by atomic mass is 10.1. The van der Waals surface area contributed by atoms with E-state index in [0.29, 0.717) is 45.0 Å². The molecule has 32 heavy (non-hydrogen) atoms. The average Bonchev–Trinajstić information content (AvgIpc) is 3.27. The highest BCUT2D eigenvalue weighted by atomic mass is 32.1. The lowest BCUT2D eigenvalue weighted by Crippen LogP contribution is -2.41. The van der Waals surface area contributed by atoms with Crippen LogP contribution in [0.15, 0.2) is 47.2 Å². The number of carbonyl (C=O) groups is 2. The molecule has 0 aliphatic carbocycles. The number of carbonyl (C=O) groups excluding carboxylic acids is 2. The van der Waals surface area contributed by atoms with E-state index in [-0.39, 0.29) is 11.8 Å². The van der Waals surface area contributed by atoms with E-state index in [2.05, 4.69) is 4.90 Å². The molecule has 0 radical (unpaired) electrons. The highest BCUT2D eigenvalue weighted by Gasteiger charge is 2.25. The van der Waals surface area contributed by atoms with Gasteiger partial charge in [-0.2, -0.15) is 11.3 Å². The number of benzene rings is 1. The molecule has 0 atom stereocenters. The van der Waals surface area contributed by atoms with E-state index >= 15 is 0 Å². The Morgan fingerprint density at radius 1 is 0.906 bits per heavy atom. The average molecular weight is 451 g/mol. The second-order valence-electron chi connectivity index (χ2n) is 8.09. The summed E-state index contributed by atoms with van der Waals surface area (Å²) in [5, 5.41) is 4.71. The van der Waals surface area contributed by atoms with Crippen molar-refractivity contribution in [2.24, 2.45) is 0 Å². The molecule has 0 N–H and O–H groups in total. The van der Waals surface area contributed by atoms with Crippen LogP contribution in [0.5, 0.6) is 0 Å². The Kier molecular flexibility index (Phi) is 6.05. The van der Waals surface area contributed by atoms with Gasteiger partial charge in [0.05, 0.1) is 29.9 Å². The van der Waals surface area contributed by atoms with Crippen molar-refractivity contribution in [3.05, 3.63) is 58.3 Å². The molecule has 8 heteroatoms. The number of amides is 2. The quantitative estimate of drug-likeness (QED) is 0.614. The highest BCUT2D eigenvalue weighted by molar-refractivity contribution is 7.08. The second kappa shape index (κ2) is 9.26. The summed E-state index contributed by atoms with van der Waals surface area (Å²) in [5.74, 6) is 0.908. The van der Waals surface area contributed by atoms with E-state index in [4.69, 9.17) is 9.72 Å². The highest BCUT2D eigenvalue weighted by Crippen LogP contribution is 2.26. The smallest absolute Gasteiger partial charge is 0.254 e. The van der Waals surface area contributed by atoms with E-state index in [9.17, 15) is 9.59 Å². The summed E-state index contributed by atoms with van der Waals surface area (Å²) >= 11 is 1.54. The van der Waals surface area contributed by atoms with E-state index in [1.807, 2.05) is 57.0 Å². The zero-order chi connectivity index (χ0) is 21.9. The third kappa shape index (κ3) is 4.20. The Hall–Kier alpha value is -2.97. The first-order valence-electron chi connectivity index (χ1n) is 11.0. The lowest BCUT2D eigenvalue weighted by molar-refractivity contribution is 0.0304. The zero-order valence-corrected chi connectivity index (χ0v) is 18.7. The molecule has 5 rings (SSSR count). The molecular formula is C24H26N4O3S. The molecule has 166 valence electrons. The molecule has 0 spiro atoms. The summed E-state index contributed by atoms with van der Waals surface area (Å²) in [6.07, 6.45) is 0.858. The van der Waals surface area contributed by atoms with Crippen molar-refractivity contribution in [2.75, 3.05) is 57.4 Å². The Bertz CT molecular complexity index is 1110. The van der Waals surface area contributed by atoms with Crippen LogP contribution in [0.3, 0.4) is 0 Å². The SMILES string of the molecule is O=C(c1ccsc1)N1CCCN(c2cc(C(=O)N3CCOCC3)c3ccccc3n2)CC1. The number of pyridine rings is 1. The summed E-state index contributed by atoms with van der Waals surface area (Å²) < 4.78 is 5.42. The molecule has 2 aliphatic rings. The van der Waals surface area contributed by atoms with Gasteiger partial charge < -0.3 is 19.4 Å². The van der Waals surface area contributed by atoms with Crippen molar-refractivity contribution in [1.29, 1.82) is 0 Å². The topological polar surface area (TPSA) is 66.0 Å². The molecule has 3 aromatic rings. The van der Waals surface area contributed by atoms with Crippen LogP contribution in [0.2, 0.25) is 0 Å². The number of hydrogen-bond acceptors (Lipinski definition) is 6. The third-order valence-corrected chi connectivity index (χ3v) is 6.79. The molecule has 0 unspecified atom stereocenters. The van der Waals surface area contributed by atoms with Gasteiger partial charge in [-0.25, -0.2) is 4.98 Å². The maximum atomic E-state index is 13.4. The number of hydrogen-bond donors (Lipinski definition) is 0. The van der Waals surface area contributed by atoms with Gasteiger partial charge in [0.2, 0.25) is 0 Å². The fraction of sp³-hybridized carbons (Fsp3) is 0.375. The van der Waals surface area contributed by atoms with Crippen LogP contribution in [0.4, 0.5) is 5.82 Å². The normalized spacial score (nSPS) is 17.4. The summed E-state index contributed by atoms with van der Waals surface area (Å²) in [6.45, 7) is 5.19. The predicted molar refractivity (Wildman–Crippen MR) is 126 cm³/mol. The first-order chi connectivity index (χ1) is 15.7. The summed E-state index contributed by atoms with van der Waals surface area (Å²) in [7, 11) is 0. The summed E-state index contributed by atoms with van der Waals surface area (Å²) in [4.78, 5) is 37.0. The molecule has 2 amide bonds. The van der Waals surface area contributed by atoms with Crippen LogP contribution in [0.1, 0.15) is 27.1 Å². The van der Waals surface area contributed by atoms with Crippen LogP contribution in [0, 0.1) is 0 Å². The van der Waals surface area contributed by atoms with Gasteiger partial charge in [0.25, 0.3) is 11.8 Å². The number of ether oxygens (including phenoxy) is 1. The second-order valence-corrected chi connectivity index (χ2v) is 8.87. The number of thiophene rings is 1. The Balaban J connectivity index is 1.41. The molecular weight excluding hydrogens is 424 g/mol. The number of morpholine rings is 1. The van der Waals surface area contributed by atoms with Gasteiger partial charge in [-0.15, -0.1) is 0 Å². The molecule has 2 aromatic heterocycles. The van der Waals surface area contributed by atoms with Crippen LogP contribution < -0.4 is 4.90 Å². The first-order valence-corrected chi connectivity index (χ1v) is 12.0. The molecule has 2 fully saturated rings. The largest absolute Gasteiger partial charge is 0.378 e. The van der Waals surface area contributed by atoms with Gasteiger partial charge in [0, 0.05) is 50.0 Å². The minimum absolute atomic E-state index is 0.0252. The summed E-state index contributed by atoms with van der Waals surface area (Å²) in [5.41, 5.74) is 2.26. The number of aromatic nitrogens is 1. The number of nitrogens with zero attached hydrogens (tertiary/aromatic N) is 4. The molecule has 4 heterocycles. The molecule has 0 bridgehead atoms. The van der Waals surface area contributed by atoms with E-state index in [1.165, 1.54) is 11.3 Å². The number of rotatable bonds is 3. The van der Waals surface area contributed by atoms with Crippen molar-refractivity contribution < 1.29 is 14.3 Å². The minimum Gasteiger partial charge on any atom is -0.378 e. The Morgan fingerprint density at radius 2 is 1.72 bits per heavy atom. The molecule has 2 aliphatic heterocycles. The van der Waals surface area contributed by atoms with E-state index in [0.717, 1.165) is 41.8 Å². The van der Waals surface area contributed by atoms with Gasteiger partial charge in [-0.05, 0) is 30.0 Å². The van der Waals surface area contributed by atoms with Crippen molar-refractivity contribution in [3.63, 3.8) is 0 Å². The first kappa shape index (κ1) is 20.9. The fourth-order valence-electron chi connectivity index (χ4n) is 4.36. The van der Waals surface area contributed by atoms with Crippen molar-refractivity contribution in [1.82, 2.24) is 14.8 Å². The number of fused-ring (bicyclic) bond motifs is 1. The molecule has 0 saturated carbocycles. The van der Waals surface area contributed by atoms with Crippen LogP contribution >= 0.6 is 11.3 Å². The molecule has 2 saturated heterocycles. The van der Waals surface area contributed by atoms with Crippen molar-refractivity contribution in [3.8, 4) is 0 Å². The Morgan fingerprint density at radius 3 is 2.53 bits per heavy atom. The predicted octanol–water partition coefficient (Wildman–Crippen LogP) is 3.12. The van der Waals surface area contributed by atoms with Gasteiger partial charge >= 0.3 is 0 Å². The standard InChI is InChI=1S/C24H26N4O3S/c29-23(18-6-15-32-17-18)27-8-3-7-26(9-10-27)22-16-20(19-4-1-2-5-21(19)25-22)24(30)28-11-13-31-14-12-28/h1-2,4-6,15-17H,3,7-14H2. The summed E-state index contributed by atoms with van der Waals surface area (Å²) in [6, 6.07) is 11.6. The van der Waals surface area contributed by atoms with E-state index < -0.39 is 0 Å². The lowest BCUT2D eigenvalue weighted by Gasteiger charge is -2.28. The fourth-order valence-corrected chi connectivity index (χ4v) is 4.99. The van der Waals surface area contributed by atoms with Crippen LogP contribution in [-0.4, -0.2) is 79.1 Å². The third-order valence-electron chi connectivity index (χ3n) is 6.11. The number of anilines is 1. The molecule has 7 nitrogen and oxygen atoms in total. The van der Waals surface area contributed by atoms with Gasteiger partial charge in [0.15, 0.2) is 0 Å². The van der Waals surface area contributed by atoms with Gasteiger partial charge in [-0.1, -0.05) is 18.2 Å². The maximum Gasteiger partial charge on any atom is 0.254 e. The van der Waals surface area contributed by atoms with E-state index in [1.54, 1.807) is 0 Å². The van der Waals surface area contributed by atoms with Crippen molar-refractivity contribution in [2.45, 2.75) is 6.42 Å². The number of para-hydroxylation sites is 1. The van der Waals surface area contributed by atoms with Crippen LogP contribution in [0.25, 0.3) is 10.9 Å². The van der Waals surface area contributed by atoms with Crippen LogP contribution in [-0.2, 0) is 4.74 Å². The zero-order valence-electron chi connectivity index (χ0n) is 17.9. The molecule has 1 aromatic carbocycles. The monoisotopic (exact) mass is 450 g/mol. The van der Waals surface area contributed by atoms with Gasteiger partial charge in [-0.3, -0.25) is 9.59 Å². The Labute approximate surface area is 191 Å².